The third-order valence-electron chi connectivity index (χ3n) is 4.61. The van der Waals surface area contributed by atoms with Gasteiger partial charge in [0.05, 0.1) is 18.2 Å². The molecule has 160 valence electrons. The van der Waals surface area contributed by atoms with Crippen LogP contribution in [0.5, 0.6) is 0 Å². The molecule has 0 amide bonds. The lowest BCUT2D eigenvalue weighted by atomic mass is 10.2. The average molecular weight is 429 g/mol. The molecule has 5 rings (SSSR count). The molecule has 5 aromatic rings. The van der Waals surface area contributed by atoms with E-state index in [2.05, 4.69) is 45.8 Å². The number of nitrogens with zero attached hydrogens (tertiary/aromatic N) is 6. The quantitative estimate of drug-likeness (QED) is 0.319. The number of H-pyrrole nitrogens is 1. The van der Waals surface area contributed by atoms with E-state index < -0.39 is 6.04 Å². The van der Waals surface area contributed by atoms with Crippen LogP contribution >= 0.6 is 0 Å². The molecule has 5 heterocycles. The predicted molar refractivity (Wildman–Crippen MR) is 114 cm³/mol. The normalized spacial score (nSPS) is 11.9. The number of aromatic nitrogens is 7. The summed E-state index contributed by atoms with van der Waals surface area (Å²) in [6.07, 6.45) is 11.1. The lowest BCUT2D eigenvalue weighted by Gasteiger charge is -2.15. The van der Waals surface area contributed by atoms with Crippen LogP contribution in [0.15, 0.2) is 76.6 Å². The summed E-state index contributed by atoms with van der Waals surface area (Å²) >= 11 is 0. The largest absolute Gasteiger partial charge is 0.469 e. The van der Waals surface area contributed by atoms with Crippen LogP contribution < -0.4 is 10.6 Å². The zero-order valence-corrected chi connectivity index (χ0v) is 16.8. The van der Waals surface area contributed by atoms with Crippen molar-refractivity contribution in [3.8, 4) is 0 Å². The van der Waals surface area contributed by atoms with Gasteiger partial charge in [-0.3, -0.25) is 5.10 Å². The predicted octanol–water partition coefficient (Wildman–Crippen LogP) is 3.30. The number of hydrogen-bond acceptors (Lipinski definition) is 10. The fourth-order valence-electron chi connectivity index (χ4n) is 3.12. The number of aromatic amines is 1. The third kappa shape index (κ3) is 4.61. The Bertz CT molecular complexity index is 1240. The van der Waals surface area contributed by atoms with Gasteiger partial charge in [-0.15, -0.1) is 0 Å². The van der Waals surface area contributed by atoms with Crippen LogP contribution in [-0.2, 0) is 12.8 Å². The first-order chi connectivity index (χ1) is 15.8. The Morgan fingerprint density at radius 3 is 2.75 bits per heavy atom. The molecule has 5 aromatic heterocycles. The summed E-state index contributed by atoms with van der Waals surface area (Å²) in [5.74, 6) is 3.68. The van der Waals surface area contributed by atoms with Gasteiger partial charge in [-0.2, -0.15) is 10.1 Å². The molecule has 0 saturated carbocycles. The van der Waals surface area contributed by atoms with Crippen molar-refractivity contribution in [2.75, 3.05) is 10.6 Å². The van der Waals surface area contributed by atoms with Crippen molar-refractivity contribution < 1.29 is 8.83 Å². The molecule has 0 fully saturated rings. The van der Waals surface area contributed by atoms with Crippen molar-refractivity contribution in [1.82, 2.24) is 35.1 Å². The molecule has 0 aliphatic heterocycles. The standard InChI is InChI=1S/C21H19N9O2/c1-3-15(31-10-1)5-4-14-11-18(30-29-14)26-17-6-9-25-21(27-17)28-19(16-12-22-13-32-16)20-23-7-2-8-24-20/h1-3,6-13,19H,4-5H2,(H3,25,26,27,28,29,30). The molecule has 1 atom stereocenters. The number of rotatable bonds is 9. The van der Waals surface area contributed by atoms with Crippen LogP contribution in [-0.4, -0.2) is 35.1 Å². The maximum Gasteiger partial charge on any atom is 0.225 e. The highest BCUT2D eigenvalue weighted by Crippen LogP contribution is 2.23. The molecular weight excluding hydrogens is 410 g/mol. The van der Waals surface area contributed by atoms with Crippen molar-refractivity contribution in [3.63, 3.8) is 0 Å². The monoisotopic (exact) mass is 429 g/mol. The molecule has 0 saturated heterocycles. The SMILES string of the molecule is c1cnc(C(Nc2nccc(Nc3cc(CCc4ccco4)n[nH]3)n2)c2cnco2)nc1. The molecular formula is C21H19N9O2. The van der Waals surface area contributed by atoms with Crippen LogP contribution in [0.25, 0.3) is 0 Å². The van der Waals surface area contributed by atoms with Crippen LogP contribution in [0.1, 0.15) is 29.1 Å². The molecule has 0 bridgehead atoms. The van der Waals surface area contributed by atoms with Gasteiger partial charge in [0.15, 0.2) is 18.0 Å². The molecule has 0 aliphatic carbocycles. The van der Waals surface area contributed by atoms with Gasteiger partial charge in [0.25, 0.3) is 0 Å². The Labute approximate surface area is 182 Å². The van der Waals surface area contributed by atoms with Crippen molar-refractivity contribution in [2.45, 2.75) is 18.9 Å². The maximum absolute atomic E-state index is 5.46. The van der Waals surface area contributed by atoms with Gasteiger partial charge < -0.3 is 19.5 Å². The number of hydrogen-bond donors (Lipinski definition) is 3. The van der Waals surface area contributed by atoms with E-state index in [1.807, 2.05) is 18.2 Å². The van der Waals surface area contributed by atoms with Gasteiger partial charge in [-0.1, -0.05) is 0 Å². The Balaban J connectivity index is 1.28. The fraction of sp³-hybridized carbons (Fsp3) is 0.143. The van der Waals surface area contributed by atoms with Crippen molar-refractivity contribution >= 4 is 17.6 Å². The topological polar surface area (TPSA) is 143 Å². The van der Waals surface area contributed by atoms with Crippen LogP contribution in [0, 0.1) is 0 Å². The summed E-state index contributed by atoms with van der Waals surface area (Å²) in [5.41, 5.74) is 0.919. The lowest BCUT2D eigenvalue weighted by Crippen LogP contribution is -2.16. The summed E-state index contributed by atoms with van der Waals surface area (Å²) in [7, 11) is 0. The van der Waals surface area contributed by atoms with E-state index >= 15 is 0 Å². The molecule has 1 unspecified atom stereocenters. The zero-order chi connectivity index (χ0) is 21.6. The second-order valence-electron chi connectivity index (χ2n) is 6.83. The van der Waals surface area contributed by atoms with E-state index in [1.54, 1.807) is 43.2 Å². The first-order valence-corrected chi connectivity index (χ1v) is 9.92. The van der Waals surface area contributed by atoms with Gasteiger partial charge in [0, 0.05) is 31.1 Å². The minimum atomic E-state index is -0.491. The molecule has 0 aliphatic rings. The second-order valence-corrected chi connectivity index (χ2v) is 6.83. The van der Waals surface area contributed by atoms with E-state index in [-0.39, 0.29) is 0 Å². The second kappa shape index (κ2) is 9.08. The number of anilines is 3. The van der Waals surface area contributed by atoms with Gasteiger partial charge in [-0.25, -0.2) is 19.9 Å². The summed E-state index contributed by atoms with van der Waals surface area (Å²) in [4.78, 5) is 21.4. The van der Waals surface area contributed by atoms with Crippen LogP contribution in [0.4, 0.5) is 17.6 Å². The summed E-state index contributed by atoms with van der Waals surface area (Å²) in [6, 6.07) is 8.78. The lowest BCUT2D eigenvalue weighted by molar-refractivity contribution is 0.486. The van der Waals surface area contributed by atoms with E-state index in [4.69, 9.17) is 8.83 Å². The minimum Gasteiger partial charge on any atom is -0.469 e. The maximum atomic E-state index is 5.46. The molecule has 11 heteroatoms. The van der Waals surface area contributed by atoms with E-state index in [1.165, 1.54) is 6.39 Å². The van der Waals surface area contributed by atoms with Crippen LogP contribution in [0.3, 0.4) is 0 Å². The fourth-order valence-corrected chi connectivity index (χ4v) is 3.12. The number of furan rings is 1. The Kier molecular flexibility index (Phi) is 5.51. The molecule has 32 heavy (non-hydrogen) atoms. The Morgan fingerprint density at radius 1 is 1.00 bits per heavy atom. The van der Waals surface area contributed by atoms with Gasteiger partial charge >= 0.3 is 0 Å². The number of aryl methyl sites for hydroxylation is 2. The van der Waals surface area contributed by atoms with E-state index in [9.17, 15) is 0 Å². The number of nitrogens with one attached hydrogen (secondary N) is 3. The first kappa shape index (κ1) is 19.4. The van der Waals surface area contributed by atoms with Gasteiger partial charge in [0.2, 0.25) is 5.95 Å². The van der Waals surface area contributed by atoms with Gasteiger partial charge in [0.1, 0.15) is 23.4 Å². The summed E-state index contributed by atoms with van der Waals surface area (Å²) < 4.78 is 10.8. The van der Waals surface area contributed by atoms with Crippen molar-refractivity contribution in [1.29, 1.82) is 0 Å². The zero-order valence-electron chi connectivity index (χ0n) is 16.8. The third-order valence-corrected chi connectivity index (χ3v) is 4.61. The van der Waals surface area contributed by atoms with Gasteiger partial charge in [-0.05, 0) is 30.7 Å². The minimum absolute atomic E-state index is 0.376. The Hall–Kier alpha value is -4.54. The Morgan fingerprint density at radius 2 is 1.94 bits per heavy atom. The molecule has 0 radical (unpaired) electrons. The summed E-state index contributed by atoms with van der Waals surface area (Å²) in [5, 5.41) is 13.7. The van der Waals surface area contributed by atoms with Crippen LogP contribution in [0.2, 0.25) is 0 Å². The van der Waals surface area contributed by atoms with E-state index in [0.717, 1.165) is 30.1 Å². The summed E-state index contributed by atoms with van der Waals surface area (Å²) in [6.45, 7) is 0. The molecule has 11 nitrogen and oxygen atoms in total. The molecule has 3 N–H and O–H groups in total. The average Bonchev–Trinajstić information content (AvgIpc) is 3.60. The van der Waals surface area contributed by atoms with Crippen molar-refractivity contribution in [2.24, 2.45) is 0 Å². The first-order valence-electron chi connectivity index (χ1n) is 9.92. The molecule has 0 aromatic carbocycles. The smallest absolute Gasteiger partial charge is 0.225 e. The van der Waals surface area contributed by atoms with Crippen molar-refractivity contribution in [3.05, 3.63) is 90.8 Å². The highest BCUT2D eigenvalue weighted by molar-refractivity contribution is 5.53. The van der Waals surface area contributed by atoms with E-state index in [0.29, 0.717) is 23.4 Å². The number of oxazole rings is 1. The molecule has 0 spiro atoms. The highest BCUT2D eigenvalue weighted by atomic mass is 16.3. The highest BCUT2D eigenvalue weighted by Gasteiger charge is 2.21.